The third kappa shape index (κ3) is 3.88. The van der Waals surface area contributed by atoms with Gasteiger partial charge in [0.05, 0.1) is 12.8 Å². The molecular weight excluding hydrogens is 417 g/mol. The van der Waals surface area contributed by atoms with Gasteiger partial charge in [0, 0.05) is 17.9 Å². The molecule has 0 bridgehead atoms. The van der Waals surface area contributed by atoms with Crippen LogP contribution >= 0.6 is 24.2 Å². The smallest absolute Gasteiger partial charge is 0.433 e. The molecule has 1 aromatic carbocycles. The fourth-order valence-corrected chi connectivity index (χ4v) is 2.88. The van der Waals surface area contributed by atoms with E-state index in [1.54, 1.807) is 24.3 Å². The van der Waals surface area contributed by atoms with E-state index in [0.29, 0.717) is 21.6 Å². The number of benzene rings is 1. The van der Waals surface area contributed by atoms with Crippen molar-refractivity contribution in [3.8, 4) is 17.0 Å². The maximum Gasteiger partial charge on any atom is 0.433 e. The molecular formula is C17H14ClF3N4O2S. The molecule has 0 aliphatic heterocycles. The Hall–Kier alpha value is -2.46. The summed E-state index contributed by atoms with van der Waals surface area (Å²) in [6, 6.07) is 7.26. The highest BCUT2D eigenvalue weighted by atomic mass is 35.5. The lowest BCUT2D eigenvalue weighted by atomic mass is 10.1. The molecule has 0 aliphatic carbocycles. The molecule has 1 amide bonds. The van der Waals surface area contributed by atoms with E-state index in [2.05, 4.69) is 28.0 Å². The topological polar surface area (TPSA) is 68.5 Å². The van der Waals surface area contributed by atoms with Crippen molar-refractivity contribution in [2.45, 2.75) is 6.18 Å². The van der Waals surface area contributed by atoms with Crippen LogP contribution in [-0.4, -0.2) is 39.9 Å². The van der Waals surface area contributed by atoms with E-state index < -0.39 is 17.8 Å². The second kappa shape index (κ2) is 7.88. The third-order valence-corrected chi connectivity index (χ3v) is 4.37. The second-order valence-corrected chi connectivity index (χ2v) is 6.46. The van der Waals surface area contributed by atoms with Crippen molar-refractivity contribution in [3.63, 3.8) is 0 Å². The highest BCUT2D eigenvalue weighted by Crippen LogP contribution is 2.35. The van der Waals surface area contributed by atoms with Gasteiger partial charge in [-0.2, -0.15) is 30.9 Å². The van der Waals surface area contributed by atoms with Gasteiger partial charge in [0.25, 0.3) is 5.91 Å². The SMILES string of the molecule is COc1cccc(-c2cc(C(F)(F)F)n3nc(C(=O)NCCS)c(Cl)c3n2)c1. The van der Waals surface area contributed by atoms with Crippen LogP contribution in [0.4, 0.5) is 13.2 Å². The van der Waals surface area contributed by atoms with E-state index in [0.717, 1.165) is 6.07 Å². The monoisotopic (exact) mass is 430 g/mol. The van der Waals surface area contributed by atoms with Crippen molar-refractivity contribution < 1.29 is 22.7 Å². The molecule has 0 spiro atoms. The molecule has 6 nitrogen and oxygen atoms in total. The van der Waals surface area contributed by atoms with Crippen molar-refractivity contribution in [1.82, 2.24) is 19.9 Å². The Morgan fingerprint density at radius 3 is 2.75 bits per heavy atom. The standard InChI is InChI=1S/C17H14ClF3N4O2S/c1-27-10-4-2-3-9(7-10)11-8-12(17(19,20)21)25-15(23-11)13(18)14(24-25)16(26)22-5-6-28/h2-4,7-8,28H,5-6H2,1H3,(H,22,26). The number of thiol groups is 1. The van der Waals surface area contributed by atoms with Crippen molar-refractivity contribution in [2.75, 3.05) is 19.4 Å². The number of ether oxygens (including phenoxy) is 1. The Labute approximate surface area is 168 Å². The van der Waals surface area contributed by atoms with Crippen LogP contribution in [0.1, 0.15) is 16.2 Å². The number of carbonyl (C=O) groups is 1. The first-order valence-corrected chi connectivity index (χ1v) is 8.97. The Balaban J connectivity index is 2.23. The number of hydrogen-bond acceptors (Lipinski definition) is 5. The number of nitrogens with one attached hydrogen (secondary N) is 1. The van der Waals surface area contributed by atoms with Gasteiger partial charge in [0.15, 0.2) is 17.0 Å². The summed E-state index contributed by atoms with van der Waals surface area (Å²) in [5.74, 6) is 0.0998. The molecule has 2 heterocycles. The van der Waals surface area contributed by atoms with E-state index in [4.69, 9.17) is 16.3 Å². The minimum Gasteiger partial charge on any atom is -0.497 e. The molecule has 0 unspecified atom stereocenters. The summed E-state index contributed by atoms with van der Waals surface area (Å²) in [4.78, 5) is 16.4. The zero-order valence-electron chi connectivity index (χ0n) is 14.4. The minimum absolute atomic E-state index is 0.0165. The van der Waals surface area contributed by atoms with Crippen molar-refractivity contribution in [1.29, 1.82) is 0 Å². The van der Waals surface area contributed by atoms with E-state index in [9.17, 15) is 18.0 Å². The lowest BCUT2D eigenvalue weighted by molar-refractivity contribution is -0.142. The maximum absolute atomic E-state index is 13.6. The van der Waals surface area contributed by atoms with Crippen molar-refractivity contribution >= 4 is 35.8 Å². The lowest BCUT2D eigenvalue weighted by Crippen LogP contribution is -2.26. The average Bonchev–Trinajstić information content (AvgIpc) is 3.01. The molecule has 1 N–H and O–H groups in total. The predicted molar refractivity (Wildman–Crippen MR) is 101 cm³/mol. The number of fused-ring (bicyclic) bond motifs is 1. The average molecular weight is 431 g/mol. The first-order chi connectivity index (χ1) is 13.3. The lowest BCUT2D eigenvalue weighted by Gasteiger charge is -2.11. The Bertz CT molecular complexity index is 1040. The zero-order valence-corrected chi connectivity index (χ0v) is 16.1. The van der Waals surface area contributed by atoms with Crippen LogP contribution in [0, 0.1) is 0 Å². The number of carbonyl (C=O) groups excluding carboxylic acids is 1. The molecule has 0 saturated carbocycles. The molecule has 0 fully saturated rings. The molecule has 2 aromatic heterocycles. The molecule has 0 aliphatic rings. The molecule has 28 heavy (non-hydrogen) atoms. The van der Waals surface area contributed by atoms with E-state index in [1.165, 1.54) is 7.11 Å². The number of alkyl halides is 3. The summed E-state index contributed by atoms with van der Waals surface area (Å²) in [6.45, 7) is 0.209. The van der Waals surface area contributed by atoms with Crippen LogP contribution in [-0.2, 0) is 6.18 Å². The molecule has 11 heteroatoms. The second-order valence-electron chi connectivity index (χ2n) is 5.63. The molecule has 0 atom stereocenters. The third-order valence-electron chi connectivity index (χ3n) is 3.80. The van der Waals surface area contributed by atoms with Crippen LogP contribution in [0.25, 0.3) is 16.9 Å². The van der Waals surface area contributed by atoms with Crippen molar-refractivity contribution in [3.05, 3.63) is 46.7 Å². The fraction of sp³-hybridized carbons (Fsp3) is 0.235. The number of aromatic nitrogens is 3. The summed E-state index contributed by atoms with van der Waals surface area (Å²) >= 11 is 10.1. The van der Waals surface area contributed by atoms with Crippen LogP contribution < -0.4 is 10.1 Å². The van der Waals surface area contributed by atoms with Crippen LogP contribution in [0.5, 0.6) is 5.75 Å². The highest BCUT2D eigenvalue weighted by molar-refractivity contribution is 7.80. The van der Waals surface area contributed by atoms with Crippen molar-refractivity contribution in [2.24, 2.45) is 0 Å². The van der Waals surface area contributed by atoms with E-state index in [-0.39, 0.29) is 28.6 Å². The molecule has 3 aromatic rings. The number of nitrogens with zero attached hydrogens (tertiary/aromatic N) is 3. The largest absolute Gasteiger partial charge is 0.497 e. The fourth-order valence-electron chi connectivity index (χ4n) is 2.52. The molecule has 0 radical (unpaired) electrons. The van der Waals surface area contributed by atoms with Crippen LogP contribution in [0.3, 0.4) is 0 Å². The summed E-state index contributed by atoms with van der Waals surface area (Å²) in [5.41, 5.74) is -1.31. The van der Waals surface area contributed by atoms with Gasteiger partial charge in [0.2, 0.25) is 0 Å². The van der Waals surface area contributed by atoms with Gasteiger partial charge in [-0.15, -0.1) is 0 Å². The molecule has 3 rings (SSSR count). The van der Waals surface area contributed by atoms with Gasteiger partial charge in [0.1, 0.15) is 10.8 Å². The molecule has 0 saturated heterocycles. The van der Waals surface area contributed by atoms with Gasteiger partial charge < -0.3 is 10.1 Å². The Morgan fingerprint density at radius 1 is 1.36 bits per heavy atom. The summed E-state index contributed by atoms with van der Waals surface area (Å²) in [5, 5.41) is 5.94. The van der Waals surface area contributed by atoms with E-state index in [1.807, 2.05) is 0 Å². The first-order valence-electron chi connectivity index (χ1n) is 7.96. The maximum atomic E-state index is 13.6. The number of amides is 1. The van der Waals surface area contributed by atoms with Gasteiger partial charge in [-0.05, 0) is 18.2 Å². The first kappa shape index (κ1) is 20.3. The van der Waals surface area contributed by atoms with Crippen LogP contribution in [0.15, 0.2) is 30.3 Å². The summed E-state index contributed by atoms with van der Waals surface area (Å²) in [6.07, 6.45) is -4.75. The predicted octanol–water partition coefficient (Wildman–Crippen LogP) is 3.74. The Morgan fingerprint density at radius 2 is 2.11 bits per heavy atom. The van der Waals surface area contributed by atoms with E-state index >= 15 is 0 Å². The van der Waals surface area contributed by atoms with Crippen LogP contribution in [0.2, 0.25) is 5.02 Å². The number of halogens is 4. The zero-order chi connectivity index (χ0) is 20.5. The molecule has 148 valence electrons. The summed E-state index contributed by atoms with van der Waals surface area (Å²) < 4.78 is 46.5. The van der Waals surface area contributed by atoms with Gasteiger partial charge >= 0.3 is 6.18 Å². The minimum atomic E-state index is -4.75. The normalized spacial score (nSPS) is 11.6. The van der Waals surface area contributed by atoms with Gasteiger partial charge in [-0.3, -0.25) is 4.79 Å². The summed E-state index contributed by atoms with van der Waals surface area (Å²) in [7, 11) is 1.44. The number of hydrogen-bond donors (Lipinski definition) is 2. The quantitative estimate of drug-likeness (QED) is 0.605. The number of rotatable bonds is 5. The highest BCUT2D eigenvalue weighted by Gasteiger charge is 2.36. The Kier molecular flexibility index (Phi) is 5.71. The van der Waals surface area contributed by atoms with Gasteiger partial charge in [-0.25, -0.2) is 9.50 Å². The number of methoxy groups -OCH3 is 1. The van der Waals surface area contributed by atoms with Gasteiger partial charge in [-0.1, -0.05) is 23.7 Å².